The van der Waals surface area contributed by atoms with Crippen LogP contribution in [0, 0.1) is 12.8 Å². The van der Waals surface area contributed by atoms with Gasteiger partial charge in [-0.2, -0.15) is 0 Å². The van der Waals surface area contributed by atoms with Gasteiger partial charge >= 0.3 is 5.97 Å². The highest BCUT2D eigenvalue weighted by atomic mass is 19.3. The molecule has 5 nitrogen and oxygen atoms in total. The summed E-state index contributed by atoms with van der Waals surface area (Å²) in [6.07, 6.45) is 1.58. The lowest BCUT2D eigenvalue weighted by molar-refractivity contribution is -0.141. The Morgan fingerprint density at radius 1 is 1.32 bits per heavy atom. The van der Waals surface area contributed by atoms with Gasteiger partial charge < -0.3 is 14.8 Å². The molecule has 1 amide bonds. The van der Waals surface area contributed by atoms with Gasteiger partial charge in [-0.15, -0.1) is 0 Å². The van der Waals surface area contributed by atoms with Crippen LogP contribution in [0.2, 0.25) is 0 Å². The summed E-state index contributed by atoms with van der Waals surface area (Å²) in [5, 5.41) is 11.7. The van der Waals surface area contributed by atoms with Crippen molar-refractivity contribution in [3.05, 3.63) is 23.2 Å². The summed E-state index contributed by atoms with van der Waals surface area (Å²) >= 11 is 0. The molecular formula is C15H19F2NO4. The SMILES string of the molecule is Cc1cc(C(F)F)oc1C(=O)NC(C(=O)O)C1CCCCC1. The number of carbonyl (C=O) groups excluding carboxylic acids is 1. The molecule has 1 unspecified atom stereocenters. The minimum atomic E-state index is -2.81. The van der Waals surface area contributed by atoms with E-state index >= 15 is 0 Å². The maximum atomic E-state index is 12.6. The van der Waals surface area contributed by atoms with Crippen LogP contribution in [0.5, 0.6) is 0 Å². The van der Waals surface area contributed by atoms with Gasteiger partial charge in [-0.25, -0.2) is 13.6 Å². The smallest absolute Gasteiger partial charge is 0.326 e. The number of carboxylic acids is 1. The Bertz CT molecular complexity index is 550. The van der Waals surface area contributed by atoms with Crippen molar-refractivity contribution in [1.82, 2.24) is 5.32 Å². The van der Waals surface area contributed by atoms with Crippen LogP contribution in [0.4, 0.5) is 8.78 Å². The van der Waals surface area contributed by atoms with E-state index in [1.165, 1.54) is 6.92 Å². The summed E-state index contributed by atoms with van der Waals surface area (Å²) in [6, 6.07) is 0.0722. The summed E-state index contributed by atoms with van der Waals surface area (Å²) in [4.78, 5) is 23.5. The molecule has 1 saturated carbocycles. The number of hydrogen-bond donors (Lipinski definition) is 2. The molecule has 2 N–H and O–H groups in total. The fraction of sp³-hybridized carbons (Fsp3) is 0.600. The fourth-order valence-electron chi connectivity index (χ4n) is 2.90. The van der Waals surface area contributed by atoms with Gasteiger partial charge in [0.2, 0.25) is 0 Å². The van der Waals surface area contributed by atoms with E-state index in [-0.39, 0.29) is 17.2 Å². The molecule has 0 spiro atoms. The molecule has 0 aliphatic heterocycles. The lowest BCUT2D eigenvalue weighted by atomic mass is 9.84. The summed E-state index contributed by atoms with van der Waals surface area (Å²) < 4.78 is 30.0. The average molecular weight is 315 g/mol. The van der Waals surface area contributed by atoms with Crippen LogP contribution in [-0.2, 0) is 4.79 Å². The second-order valence-corrected chi connectivity index (χ2v) is 5.65. The lowest BCUT2D eigenvalue weighted by Crippen LogP contribution is -2.46. The molecule has 0 radical (unpaired) electrons. The third-order valence-corrected chi connectivity index (χ3v) is 4.03. The van der Waals surface area contributed by atoms with Crippen LogP contribution in [0.3, 0.4) is 0 Å². The van der Waals surface area contributed by atoms with Crippen LogP contribution in [-0.4, -0.2) is 23.0 Å². The van der Waals surface area contributed by atoms with Crippen LogP contribution in [0.25, 0.3) is 0 Å². The average Bonchev–Trinajstić information content (AvgIpc) is 2.87. The zero-order valence-corrected chi connectivity index (χ0v) is 12.3. The molecule has 1 aliphatic carbocycles. The number of rotatable bonds is 5. The molecule has 0 saturated heterocycles. The zero-order valence-electron chi connectivity index (χ0n) is 12.3. The first-order chi connectivity index (χ1) is 10.4. The van der Waals surface area contributed by atoms with Gasteiger partial charge in [-0.3, -0.25) is 4.79 Å². The number of halogens is 2. The van der Waals surface area contributed by atoms with Crippen molar-refractivity contribution >= 4 is 11.9 Å². The summed E-state index contributed by atoms with van der Waals surface area (Å²) in [7, 11) is 0. The second kappa shape index (κ2) is 6.89. The van der Waals surface area contributed by atoms with Crippen LogP contribution in [0.15, 0.2) is 10.5 Å². The Labute approximate surface area is 126 Å². The van der Waals surface area contributed by atoms with Crippen molar-refractivity contribution in [1.29, 1.82) is 0 Å². The molecule has 0 aromatic carbocycles. The number of carboxylic acid groups (broad SMARTS) is 1. The normalized spacial score (nSPS) is 17.5. The quantitative estimate of drug-likeness (QED) is 0.874. The van der Waals surface area contributed by atoms with Crippen molar-refractivity contribution in [2.24, 2.45) is 5.92 Å². The third-order valence-electron chi connectivity index (χ3n) is 4.03. The Balaban J connectivity index is 2.12. The zero-order chi connectivity index (χ0) is 16.3. The monoisotopic (exact) mass is 315 g/mol. The van der Waals surface area contributed by atoms with Crippen LogP contribution >= 0.6 is 0 Å². The molecule has 122 valence electrons. The minimum absolute atomic E-state index is 0.139. The Morgan fingerprint density at radius 2 is 1.95 bits per heavy atom. The first kappa shape index (κ1) is 16.5. The standard InChI is InChI=1S/C15H19F2NO4/c1-8-7-10(13(16)17)22-12(8)14(19)18-11(15(20)21)9-5-3-2-4-6-9/h7,9,11,13H,2-6H2,1H3,(H,18,19)(H,20,21). The van der Waals surface area contributed by atoms with E-state index in [0.29, 0.717) is 0 Å². The van der Waals surface area contributed by atoms with Crippen molar-refractivity contribution in [3.63, 3.8) is 0 Å². The Kier molecular flexibility index (Phi) is 5.15. The van der Waals surface area contributed by atoms with Crippen molar-refractivity contribution in [3.8, 4) is 0 Å². The van der Waals surface area contributed by atoms with E-state index in [2.05, 4.69) is 5.32 Å². The number of carbonyl (C=O) groups is 2. The number of hydrogen-bond acceptors (Lipinski definition) is 3. The minimum Gasteiger partial charge on any atom is -0.480 e. The van der Waals surface area contributed by atoms with E-state index in [4.69, 9.17) is 4.42 Å². The van der Waals surface area contributed by atoms with Crippen molar-refractivity contribution < 1.29 is 27.9 Å². The lowest BCUT2D eigenvalue weighted by Gasteiger charge is -2.27. The van der Waals surface area contributed by atoms with E-state index in [0.717, 1.165) is 38.2 Å². The first-order valence-corrected chi connectivity index (χ1v) is 7.32. The van der Waals surface area contributed by atoms with Gasteiger partial charge in [-0.05, 0) is 31.7 Å². The maximum absolute atomic E-state index is 12.6. The van der Waals surface area contributed by atoms with Crippen LogP contribution in [0.1, 0.15) is 60.4 Å². The van der Waals surface area contributed by atoms with Crippen molar-refractivity contribution in [2.75, 3.05) is 0 Å². The molecule has 1 fully saturated rings. The number of alkyl halides is 2. The largest absolute Gasteiger partial charge is 0.480 e. The first-order valence-electron chi connectivity index (χ1n) is 7.32. The Morgan fingerprint density at radius 3 is 2.45 bits per heavy atom. The topological polar surface area (TPSA) is 79.5 Å². The van der Waals surface area contributed by atoms with Gasteiger partial charge in [0.15, 0.2) is 11.5 Å². The van der Waals surface area contributed by atoms with E-state index < -0.39 is 30.1 Å². The molecule has 7 heteroatoms. The van der Waals surface area contributed by atoms with E-state index in [1.807, 2.05) is 0 Å². The maximum Gasteiger partial charge on any atom is 0.326 e. The molecule has 1 aromatic heterocycles. The predicted octanol–water partition coefficient (Wildman–Crippen LogP) is 3.29. The van der Waals surface area contributed by atoms with E-state index in [1.54, 1.807) is 0 Å². The highest BCUT2D eigenvalue weighted by Crippen LogP contribution is 2.28. The second-order valence-electron chi connectivity index (χ2n) is 5.65. The number of aryl methyl sites for hydroxylation is 1. The predicted molar refractivity (Wildman–Crippen MR) is 73.9 cm³/mol. The third kappa shape index (κ3) is 3.64. The number of amides is 1. The van der Waals surface area contributed by atoms with E-state index in [9.17, 15) is 23.5 Å². The summed E-state index contributed by atoms with van der Waals surface area (Å²) in [5.74, 6) is -2.86. The number of nitrogens with one attached hydrogen (secondary N) is 1. The van der Waals surface area contributed by atoms with Gasteiger partial charge in [-0.1, -0.05) is 19.3 Å². The van der Waals surface area contributed by atoms with Gasteiger partial charge in [0.05, 0.1) is 0 Å². The van der Waals surface area contributed by atoms with Crippen LogP contribution < -0.4 is 5.32 Å². The Hall–Kier alpha value is -1.92. The molecule has 1 atom stereocenters. The highest BCUT2D eigenvalue weighted by molar-refractivity contribution is 5.95. The van der Waals surface area contributed by atoms with Gasteiger partial charge in [0.1, 0.15) is 6.04 Å². The molecule has 2 rings (SSSR count). The molecular weight excluding hydrogens is 296 g/mol. The molecule has 22 heavy (non-hydrogen) atoms. The molecule has 0 bridgehead atoms. The molecule has 1 aliphatic rings. The molecule has 1 aromatic rings. The van der Waals surface area contributed by atoms with Gasteiger partial charge in [0.25, 0.3) is 12.3 Å². The number of aliphatic carboxylic acids is 1. The number of furan rings is 1. The molecule has 1 heterocycles. The summed E-state index contributed by atoms with van der Waals surface area (Å²) in [6.45, 7) is 1.47. The summed E-state index contributed by atoms with van der Waals surface area (Å²) in [5.41, 5.74) is 0.264. The fourth-order valence-corrected chi connectivity index (χ4v) is 2.90. The van der Waals surface area contributed by atoms with Gasteiger partial charge in [0, 0.05) is 5.56 Å². The highest BCUT2D eigenvalue weighted by Gasteiger charge is 2.32. The van der Waals surface area contributed by atoms with Crippen molar-refractivity contribution in [2.45, 2.75) is 51.5 Å².